The number of thioether (sulfide) groups is 1. The smallest absolute Gasteiger partial charge is 0.202 e. The Hall–Kier alpha value is -0.290. The van der Waals surface area contributed by atoms with Crippen molar-refractivity contribution in [3.63, 3.8) is 0 Å². The normalized spacial score (nSPS) is 16.8. The standard InChI is InChI=1S/C11H19N3S2/c1-2-7-12-11-13-10(14-16-11)8-15-9-5-3-4-6-9/h9H,2-8H2,1H3,(H,12,13,14). The lowest BCUT2D eigenvalue weighted by Gasteiger charge is -2.05. The monoisotopic (exact) mass is 257 g/mol. The highest BCUT2D eigenvalue weighted by Gasteiger charge is 2.16. The summed E-state index contributed by atoms with van der Waals surface area (Å²) in [5.41, 5.74) is 0. The summed E-state index contributed by atoms with van der Waals surface area (Å²) in [6, 6.07) is 0. The maximum Gasteiger partial charge on any atom is 0.202 e. The topological polar surface area (TPSA) is 37.8 Å². The van der Waals surface area contributed by atoms with Crippen molar-refractivity contribution in [3.8, 4) is 0 Å². The van der Waals surface area contributed by atoms with Gasteiger partial charge in [-0.25, -0.2) is 4.98 Å². The fraction of sp³-hybridized carbons (Fsp3) is 0.818. The zero-order chi connectivity index (χ0) is 11.2. The summed E-state index contributed by atoms with van der Waals surface area (Å²) in [7, 11) is 0. The molecule has 5 heteroatoms. The average molecular weight is 257 g/mol. The first-order valence-corrected chi connectivity index (χ1v) is 7.88. The molecule has 1 aromatic heterocycles. The van der Waals surface area contributed by atoms with E-state index in [4.69, 9.17) is 0 Å². The van der Waals surface area contributed by atoms with Crippen molar-refractivity contribution in [1.82, 2.24) is 9.36 Å². The van der Waals surface area contributed by atoms with Crippen LogP contribution in [0.1, 0.15) is 44.9 Å². The summed E-state index contributed by atoms with van der Waals surface area (Å²) >= 11 is 3.51. The first-order valence-electron chi connectivity index (χ1n) is 6.06. The van der Waals surface area contributed by atoms with Crippen LogP contribution in [-0.2, 0) is 5.75 Å². The van der Waals surface area contributed by atoms with E-state index in [1.54, 1.807) is 0 Å². The van der Waals surface area contributed by atoms with Gasteiger partial charge in [0.25, 0.3) is 0 Å². The average Bonchev–Trinajstić information content (AvgIpc) is 2.95. The second-order valence-electron chi connectivity index (χ2n) is 4.16. The molecule has 1 N–H and O–H groups in total. The van der Waals surface area contributed by atoms with Crippen LogP contribution >= 0.6 is 23.3 Å². The van der Waals surface area contributed by atoms with Crippen molar-refractivity contribution < 1.29 is 0 Å². The molecule has 0 spiro atoms. The van der Waals surface area contributed by atoms with E-state index in [1.807, 2.05) is 11.8 Å². The van der Waals surface area contributed by atoms with E-state index < -0.39 is 0 Å². The predicted octanol–water partition coefficient (Wildman–Crippen LogP) is 3.54. The molecule has 0 aliphatic heterocycles. The number of nitrogens with zero attached hydrogens (tertiary/aromatic N) is 2. The Morgan fingerprint density at radius 2 is 2.25 bits per heavy atom. The fourth-order valence-electron chi connectivity index (χ4n) is 1.86. The number of rotatable bonds is 6. The second-order valence-corrected chi connectivity index (χ2v) is 6.20. The molecule has 0 amide bonds. The molecular weight excluding hydrogens is 238 g/mol. The molecule has 16 heavy (non-hydrogen) atoms. The Labute approximate surface area is 106 Å². The number of nitrogens with one attached hydrogen (secondary N) is 1. The summed E-state index contributed by atoms with van der Waals surface area (Å²) < 4.78 is 4.38. The quantitative estimate of drug-likeness (QED) is 0.846. The third-order valence-corrected chi connectivity index (χ3v) is 4.82. The molecule has 0 aromatic carbocycles. The van der Waals surface area contributed by atoms with E-state index in [0.29, 0.717) is 0 Å². The van der Waals surface area contributed by atoms with E-state index in [-0.39, 0.29) is 0 Å². The molecule has 1 heterocycles. The summed E-state index contributed by atoms with van der Waals surface area (Å²) in [4.78, 5) is 4.48. The third-order valence-electron chi connectivity index (χ3n) is 2.74. The Morgan fingerprint density at radius 3 is 3.00 bits per heavy atom. The maximum absolute atomic E-state index is 4.48. The summed E-state index contributed by atoms with van der Waals surface area (Å²) in [6.45, 7) is 3.15. The molecule has 0 unspecified atom stereocenters. The molecule has 2 rings (SSSR count). The van der Waals surface area contributed by atoms with Gasteiger partial charge in [0.2, 0.25) is 5.13 Å². The molecule has 1 aromatic rings. The van der Waals surface area contributed by atoms with Crippen molar-refractivity contribution >= 4 is 28.4 Å². The Kier molecular flexibility index (Phi) is 4.91. The first-order chi connectivity index (χ1) is 7.88. The summed E-state index contributed by atoms with van der Waals surface area (Å²) in [5.74, 6) is 1.98. The lowest BCUT2D eigenvalue weighted by Crippen LogP contribution is -1.99. The molecule has 1 saturated carbocycles. The van der Waals surface area contributed by atoms with Gasteiger partial charge in [0, 0.05) is 23.3 Å². The minimum atomic E-state index is 0.857. The Balaban J connectivity index is 1.73. The Bertz CT molecular complexity index is 308. The van der Waals surface area contributed by atoms with Crippen molar-refractivity contribution in [3.05, 3.63) is 5.82 Å². The molecule has 0 bridgehead atoms. The van der Waals surface area contributed by atoms with Crippen LogP contribution in [0.2, 0.25) is 0 Å². The number of hydrogen-bond donors (Lipinski definition) is 1. The fourth-order valence-corrected chi connectivity index (χ4v) is 3.74. The van der Waals surface area contributed by atoms with Crippen LogP contribution in [0.25, 0.3) is 0 Å². The van der Waals surface area contributed by atoms with Crippen LogP contribution in [0, 0.1) is 0 Å². The van der Waals surface area contributed by atoms with Crippen molar-refractivity contribution in [1.29, 1.82) is 0 Å². The molecule has 0 saturated heterocycles. The van der Waals surface area contributed by atoms with Gasteiger partial charge in [0.05, 0.1) is 5.75 Å². The highest BCUT2D eigenvalue weighted by atomic mass is 32.2. The third kappa shape index (κ3) is 3.63. The summed E-state index contributed by atoms with van der Waals surface area (Å²) in [6.07, 6.45) is 6.72. The number of aromatic nitrogens is 2. The van der Waals surface area contributed by atoms with Gasteiger partial charge < -0.3 is 5.32 Å². The zero-order valence-corrected chi connectivity index (χ0v) is 11.4. The van der Waals surface area contributed by atoms with Crippen LogP contribution in [-0.4, -0.2) is 21.2 Å². The van der Waals surface area contributed by atoms with Crippen LogP contribution in [0.4, 0.5) is 5.13 Å². The number of anilines is 1. The van der Waals surface area contributed by atoms with E-state index in [9.17, 15) is 0 Å². The molecule has 1 aliphatic rings. The van der Waals surface area contributed by atoms with Crippen LogP contribution in [0.5, 0.6) is 0 Å². The minimum absolute atomic E-state index is 0.857. The zero-order valence-electron chi connectivity index (χ0n) is 9.74. The van der Waals surface area contributed by atoms with Gasteiger partial charge in [-0.2, -0.15) is 16.1 Å². The Morgan fingerprint density at radius 1 is 1.44 bits per heavy atom. The molecule has 1 aliphatic carbocycles. The largest absolute Gasteiger partial charge is 0.360 e. The van der Waals surface area contributed by atoms with Crippen LogP contribution in [0.3, 0.4) is 0 Å². The van der Waals surface area contributed by atoms with Crippen molar-refractivity contribution in [2.24, 2.45) is 0 Å². The highest BCUT2D eigenvalue weighted by molar-refractivity contribution is 7.99. The van der Waals surface area contributed by atoms with E-state index in [1.165, 1.54) is 37.2 Å². The molecule has 0 radical (unpaired) electrons. The van der Waals surface area contributed by atoms with Crippen LogP contribution < -0.4 is 5.32 Å². The number of hydrogen-bond acceptors (Lipinski definition) is 5. The predicted molar refractivity (Wildman–Crippen MR) is 72.2 cm³/mol. The van der Waals surface area contributed by atoms with Crippen molar-refractivity contribution in [2.75, 3.05) is 11.9 Å². The molecule has 90 valence electrons. The van der Waals surface area contributed by atoms with E-state index in [2.05, 4.69) is 21.6 Å². The van der Waals surface area contributed by atoms with Gasteiger partial charge in [0.15, 0.2) is 5.82 Å². The van der Waals surface area contributed by atoms with Crippen LogP contribution in [0.15, 0.2) is 0 Å². The van der Waals surface area contributed by atoms with E-state index in [0.717, 1.165) is 34.9 Å². The van der Waals surface area contributed by atoms with Gasteiger partial charge in [0.1, 0.15) is 0 Å². The molecule has 0 atom stereocenters. The van der Waals surface area contributed by atoms with E-state index >= 15 is 0 Å². The van der Waals surface area contributed by atoms with Gasteiger partial charge in [-0.15, -0.1) is 0 Å². The second kappa shape index (κ2) is 6.45. The molecule has 3 nitrogen and oxygen atoms in total. The van der Waals surface area contributed by atoms with Gasteiger partial charge in [-0.05, 0) is 19.3 Å². The first kappa shape index (κ1) is 12.2. The maximum atomic E-state index is 4.48. The van der Waals surface area contributed by atoms with Gasteiger partial charge in [-0.1, -0.05) is 19.8 Å². The SMILES string of the molecule is CCCNc1nc(CSC2CCCC2)ns1. The van der Waals surface area contributed by atoms with Gasteiger partial charge in [-0.3, -0.25) is 0 Å². The molecular formula is C11H19N3S2. The minimum Gasteiger partial charge on any atom is -0.360 e. The lowest BCUT2D eigenvalue weighted by molar-refractivity contribution is 0.886. The highest BCUT2D eigenvalue weighted by Crippen LogP contribution is 2.31. The van der Waals surface area contributed by atoms with Crippen molar-refractivity contribution in [2.45, 2.75) is 50.0 Å². The lowest BCUT2D eigenvalue weighted by atomic mass is 10.4. The van der Waals surface area contributed by atoms with Gasteiger partial charge >= 0.3 is 0 Å². The molecule has 1 fully saturated rings. The summed E-state index contributed by atoms with van der Waals surface area (Å²) in [5, 5.41) is 5.11.